The number of carbonyl (C=O) groups excluding carboxylic acids is 1. The number of hydrogen-bond donors (Lipinski definition) is 2. The number of H-pyrrole nitrogens is 1. The maximum Gasteiger partial charge on any atom is 0.198 e. The Balaban J connectivity index is 1.62. The lowest BCUT2D eigenvalue weighted by Crippen LogP contribution is -2.46. The van der Waals surface area contributed by atoms with Gasteiger partial charge in [-0.2, -0.15) is 5.10 Å². The second kappa shape index (κ2) is 4.13. The van der Waals surface area contributed by atoms with Gasteiger partial charge in [0.15, 0.2) is 5.78 Å². The van der Waals surface area contributed by atoms with Gasteiger partial charge in [0.1, 0.15) is 5.69 Å². The topological polar surface area (TPSA) is 70.7 Å². The number of Topliss-reactive ketones (excluding diaryl/α,β-unsaturated/α-hetero) is 1. The highest BCUT2D eigenvalue weighted by molar-refractivity contribution is 6.00. The van der Waals surface area contributed by atoms with E-state index in [-0.39, 0.29) is 11.8 Å². The Hall–Kier alpha value is -1.75. The molecular weight excluding hydrogens is 240 g/mol. The van der Waals surface area contributed by atoms with Gasteiger partial charge in [-0.25, -0.2) is 0 Å². The number of aromatic amines is 1. The lowest BCUT2D eigenvalue weighted by Gasteiger charge is -2.28. The molecule has 5 heteroatoms. The molecule has 2 aromatic heterocycles. The van der Waals surface area contributed by atoms with E-state index in [2.05, 4.69) is 20.5 Å². The summed E-state index contributed by atoms with van der Waals surface area (Å²) in [5, 5.41) is 11.2. The molecule has 4 rings (SSSR count). The lowest BCUT2D eigenvalue weighted by atomic mass is 9.91. The second-order valence-corrected chi connectivity index (χ2v) is 5.72. The molecule has 3 unspecified atom stereocenters. The van der Waals surface area contributed by atoms with Gasteiger partial charge in [0, 0.05) is 17.6 Å². The van der Waals surface area contributed by atoms with Crippen molar-refractivity contribution in [3.05, 3.63) is 24.2 Å². The van der Waals surface area contributed by atoms with Crippen LogP contribution < -0.4 is 5.32 Å². The van der Waals surface area contributed by atoms with Crippen LogP contribution in [-0.4, -0.2) is 33.0 Å². The summed E-state index contributed by atoms with van der Waals surface area (Å²) in [7, 11) is 0. The molecule has 0 amide bonds. The van der Waals surface area contributed by atoms with Crippen molar-refractivity contribution in [2.45, 2.75) is 37.8 Å². The summed E-state index contributed by atoms with van der Waals surface area (Å²) in [6.45, 7) is 0. The number of ketones is 1. The van der Waals surface area contributed by atoms with Gasteiger partial charge in [-0.15, -0.1) is 0 Å². The van der Waals surface area contributed by atoms with Gasteiger partial charge >= 0.3 is 0 Å². The minimum Gasteiger partial charge on any atom is -0.304 e. The van der Waals surface area contributed by atoms with Crippen molar-refractivity contribution in [1.82, 2.24) is 20.5 Å². The van der Waals surface area contributed by atoms with Crippen molar-refractivity contribution in [2.75, 3.05) is 0 Å². The van der Waals surface area contributed by atoms with Crippen LogP contribution in [-0.2, 0) is 0 Å². The average Bonchev–Trinajstić information content (AvgIpc) is 3.03. The zero-order chi connectivity index (χ0) is 12.8. The smallest absolute Gasteiger partial charge is 0.198 e. The van der Waals surface area contributed by atoms with Gasteiger partial charge in [-0.05, 0) is 37.7 Å². The molecule has 2 aromatic rings. The fraction of sp³-hybridized carbons (Fsp3) is 0.500. The normalized spacial score (nSPS) is 29.8. The summed E-state index contributed by atoms with van der Waals surface area (Å²) in [5.41, 5.74) is 1.41. The van der Waals surface area contributed by atoms with Crippen molar-refractivity contribution < 1.29 is 4.79 Å². The van der Waals surface area contributed by atoms with Crippen LogP contribution in [0.25, 0.3) is 10.9 Å². The van der Waals surface area contributed by atoms with Crippen molar-refractivity contribution in [3.8, 4) is 0 Å². The molecule has 0 aromatic carbocycles. The van der Waals surface area contributed by atoms with Crippen LogP contribution in [0.2, 0.25) is 0 Å². The molecule has 2 aliphatic rings. The van der Waals surface area contributed by atoms with Crippen LogP contribution in [0.15, 0.2) is 18.5 Å². The third kappa shape index (κ3) is 1.85. The predicted molar refractivity (Wildman–Crippen MR) is 70.9 cm³/mol. The molecular formula is C14H16N4O. The highest BCUT2D eigenvalue weighted by Crippen LogP contribution is 2.34. The Morgan fingerprint density at radius 1 is 1.26 bits per heavy atom. The predicted octanol–water partition coefficient (Wildman–Crippen LogP) is 1.67. The first-order valence-electron chi connectivity index (χ1n) is 6.89. The number of nitrogens with one attached hydrogen (secondary N) is 2. The summed E-state index contributed by atoms with van der Waals surface area (Å²) in [6, 6.07) is 2.28. The van der Waals surface area contributed by atoms with E-state index < -0.39 is 0 Å². The van der Waals surface area contributed by atoms with Crippen LogP contribution in [0.3, 0.4) is 0 Å². The fourth-order valence-corrected chi connectivity index (χ4v) is 3.46. The standard InChI is InChI=1S/C14H16N4O/c19-14(13-4-8-1-2-10(3-8)17-13)12-5-11-9(6-15-12)7-16-18-11/h5-8,10,13,17H,1-4H2,(H,16,18). The Kier molecular flexibility index (Phi) is 2.41. The zero-order valence-electron chi connectivity index (χ0n) is 10.6. The zero-order valence-corrected chi connectivity index (χ0v) is 10.6. The summed E-state index contributed by atoms with van der Waals surface area (Å²) < 4.78 is 0. The van der Waals surface area contributed by atoms with Crippen molar-refractivity contribution >= 4 is 16.7 Å². The van der Waals surface area contributed by atoms with E-state index in [4.69, 9.17) is 0 Å². The molecule has 19 heavy (non-hydrogen) atoms. The minimum atomic E-state index is -0.0564. The van der Waals surface area contributed by atoms with Gasteiger partial charge in [0.25, 0.3) is 0 Å². The molecule has 2 fully saturated rings. The number of fused-ring (bicyclic) bond motifs is 3. The second-order valence-electron chi connectivity index (χ2n) is 5.72. The van der Waals surface area contributed by atoms with E-state index in [0.717, 1.165) is 23.2 Å². The van der Waals surface area contributed by atoms with Gasteiger partial charge in [-0.1, -0.05) is 0 Å². The van der Waals surface area contributed by atoms with E-state index in [1.165, 1.54) is 19.3 Å². The monoisotopic (exact) mass is 256 g/mol. The first-order chi connectivity index (χ1) is 9.29. The molecule has 5 nitrogen and oxygen atoms in total. The Bertz CT molecular complexity index is 623. The molecule has 0 radical (unpaired) electrons. The van der Waals surface area contributed by atoms with Gasteiger partial charge in [0.05, 0.1) is 17.8 Å². The molecule has 1 aliphatic heterocycles. The first-order valence-corrected chi connectivity index (χ1v) is 6.89. The van der Waals surface area contributed by atoms with Crippen LogP contribution >= 0.6 is 0 Å². The molecule has 2 N–H and O–H groups in total. The minimum absolute atomic E-state index is 0.0564. The number of carbonyl (C=O) groups is 1. The van der Waals surface area contributed by atoms with Crippen LogP contribution in [0.4, 0.5) is 0 Å². The van der Waals surface area contributed by atoms with E-state index in [0.29, 0.717) is 11.7 Å². The molecule has 3 atom stereocenters. The number of rotatable bonds is 2. The summed E-state index contributed by atoms with van der Waals surface area (Å²) in [6.07, 6.45) is 8.09. The van der Waals surface area contributed by atoms with Gasteiger partial charge in [0.2, 0.25) is 0 Å². The maximum atomic E-state index is 12.5. The number of aromatic nitrogens is 3. The third-order valence-electron chi connectivity index (χ3n) is 4.44. The van der Waals surface area contributed by atoms with Crippen molar-refractivity contribution in [1.29, 1.82) is 0 Å². The summed E-state index contributed by atoms with van der Waals surface area (Å²) in [4.78, 5) is 16.8. The molecule has 98 valence electrons. The molecule has 1 saturated carbocycles. The molecule has 1 aliphatic carbocycles. The summed E-state index contributed by atoms with van der Waals surface area (Å²) >= 11 is 0. The molecule has 2 bridgehead atoms. The molecule has 1 saturated heterocycles. The van der Waals surface area contributed by atoms with Crippen LogP contribution in [0.5, 0.6) is 0 Å². The fourth-order valence-electron chi connectivity index (χ4n) is 3.46. The highest BCUT2D eigenvalue weighted by atomic mass is 16.1. The van der Waals surface area contributed by atoms with Gasteiger partial charge in [-0.3, -0.25) is 14.9 Å². The van der Waals surface area contributed by atoms with E-state index >= 15 is 0 Å². The van der Waals surface area contributed by atoms with Crippen molar-refractivity contribution in [3.63, 3.8) is 0 Å². The third-order valence-corrected chi connectivity index (χ3v) is 4.44. The van der Waals surface area contributed by atoms with E-state index in [9.17, 15) is 4.79 Å². The van der Waals surface area contributed by atoms with E-state index in [1.807, 2.05) is 6.07 Å². The average molecular weight is 256 g/mol. The molecule has 0 spiro atoms. The van der Waals surface area contributed by atoms with Crippen molar-refractivity contribution in [2.24, 2.45) is 5.92 Å². The van der Waals surface area contributed by atoms with Crippen LogP contribution in [0, 0.1) is 5.92 Å². The Morgan fingerprint density at radius 2 is 2.21 bits per heavy atom. The van der Waals surface area contributed by atoms with Gasteiger partial charge < -0.3 is 5.32 Å². The lowest BCUT2D eigenvalue weighted by molar-refractivity contribution is 0.0902. The Morgan fingerprint density at radius 3 is 3.11 bits per heavy atom. The Labute approximate surface area is 110 Å². The van der Waals surface area contributed by atoms with Crippen LogP contribution in [0.1, 0.15) is 36.2 Å². The largest absolute Gasteiger partial charge is 0.304 e. The maximum absolute atomic E-state index is 12.5. The highest BCUT2D eigenvalue weighted by Gasteiger charge is 2.37. The first kappa shape index (κ1) is 11.1. The number of hydrogen-bond acceptors (Lipinski definition) is 4. The SMILES string of the molecule is O=C(c1cc2[nH]ncc2cn1)C1CC2CCC(C2)N1. The summed E-state index contributed by atoms with van der Waals surface area (Å²) in [5.74, 6) is 0.837. The number of pyridine rings is 1. The van der Waals surface area contributed by atoms with E-state index in [1.54, 1.807) is 12.4 Å². The molecule has 3 heterocycles. The quantitative estimate of drug-likeness (QED) is 0.802. The number of piperidine rings is 1. The number of nitrogens with zero attached hydrogens (tertiary/aromatic N) is 2.